The molecule has 26 heavy (non-hydrogen) atoms. The van der Waals surface area contributed by atoms with Crippen LogP contribution in [0.5, 0.6) is 5.75 Å². The van der Waals surface area contributed by atoms with Gasteiger partial charge in [-0.25, -0.2) is 9.97 Å². The van der Waals surface area contributed by atoms with Crippen LogP contribution >= 0.6 is 0 Å². The summed E-state index contributed by atoms with van der Waals surface area (Å²) in [6, 6.07) is 3.55. The molecule has 134 valence electrons. The minimum atomic E-state index is -0.136. The molecule has 4 rings (SSSR count). The standard InChI is InChI=1S/C18H19N5O3/c1-13-17-20-10-14(4-9-26-15-2-5-19-6-3-15)23(17)8-7-22(13)18(24)16-11-25-12-21-16/h2-3,5-6,10-13H,4,7-9H2,1H3. The number of carbonyl (C=O) groups is 1. The fourth-order valence-electron chi connectivity index (χ4n) is 3.21. The van der Waals surface area contributed by atoms with E-state index in [-0.39, 0.29) is 11.9 Å². The Labute approximate surface area is 150 Å². The number of fused-ring (bicyclic) bond motifs is 1. The second-order valence-corrected chi connectivity index (χ2v) is 6.09. The van der Waals surface area contributed by atoms with Crippen molar-refractivity contribution >= 4 is 5.91 Å². The number of hydrogen-bond donors (Lipinski definition) is 0. The van der Waals surface area contributed by atoms with Gasteiger partial charge in [-0.2, -0.15) is 0 Å². The van der Waals surface area contributed by atoms with E-state index >= 15 is 0 Å². The lowest BCUT2D eigenvalue weighted by atomic mass is 10.2. The molecule has 1 aliphatic rings. The number of nitrogens with zero attached hydrogens (tertiary/aromatic N) is 5. The van der Waals surface area contributed by atoms with Crippen LogP contribution in [0.1, 0.15) is 35.0 Å². The predicted molar refractivity (Wildman–Crippen MR) is 91.6 cm³/mol. The van der Waals surface area contributed by atoms with E-state index in [1.807, 2.05) is 25.3 Å². The van der Waals surface area contributed by atoms with E-state index in [2.05, 4.69) is 19.5 Å². The molecule has 0 fully saturated rings. The Balaban J connectivity index is 1.43. The van der Waals surface area contributed by atoms with Crippen molar-refractivity contribution in [2.45, 2.75) is 25.9 Å². The van der Waals surface area contributed by atoms with Gasteiger partial charge in [0.2, 0.25) is 0 Å². The number of carbonyl (C=O) groups excluding carboxylic acids is 1. The van der Waals surface area contributed by atoms with Gasteiger partial charge in [0.05, 0.1) is 12.6 Å². The molecule has 8 heteroatoms. The second-order valence-electron chi connectivity index (χ2n) is 6.09. The van der Waals surface area contributed by atoms with E-state index in [1.54, 1.807) is 17.3 Å². The SMILES string of the molecule is CC1c2ncc(CCOc3ccncc3)n2CCN1C(=O)c1cocn1. The topological polar surface area (TPSA) is 86.3 Å². The van der Waals surface area contributed by atoms with Crippen LogP contribution in [0.15, 0.2) is 47.8 Å². The average Bonchev–Trinajstić information content (AvgIpc) is 3.33. The number of imidazole rings is 1. The van der Waals surface area contributed by atoms with Gasteiger partial charge in [0.1, 0.15) is 17.8 Å². The third kappa shape index (κ3) is 3.05. The summed E-state index contributed by atoms with van der Waals surface area (Å²) in [5.74, 6) is 1.55. The van der Waals surface area contributed by atoms with Crippen LogP contribution in [0, 0.1) is 0 Å². The molecule has 3 aromatic heterocycles. The first kappa shape index (κ1) is 16.3. The summed E-state index contributed by atoms with van der Waals surface area (Å²) in [6.45, 7) is 3.85. The summed E-state index contributed by atoms with van der Waals surface area (Å²) < 4.78 is 12.8. The number of hydrogen-bond acceptors (Lipinski definition) is 6. The van der Waals surface area contributed by atoms with Crippen molar-refractivity contribution in [3.63, 3.8) is 0 Å². The first-order valence-corrected chi connectivity index (χ1v) is 8.50. The highest BCUT2D eigenvalue weighted by Gasteiger charge is 2.31. The third-order valence-electron chi connectivity index (χ3n) is 4.56. The molecule has 1 unspecified atom stereocenters. The highest BCUT2D eigenvalue weighted by Crippen LogP contribution is 2.26. The molecule has 0 aromatic carbocycles. The molecule has 0 spiro atoms. The predicted octanol–water partition coefficient (Wildman–Crippen LogP) is 2.10. The number of amides is 1. The Kier molecular flexibility index (Phi) is 4.39. The fourth-order valence-corrected chi connectivity index (χ4v) is 3.21. The Bertz CT molecular complexity index is 876. The molecule has 0 bridgehead atoms. The maximum atomic E-state index is 12.6. The molecule has 0 radical (unpaired) electrons. The molecule has 0 aliphatic carbocycles. The van der Waals surface area contributed by atoms with Crippen LogP contribution in [0.4, 0.5) is 0 Å². The van der Waals surface area contributed by atoms with Gasteiger partial charge in [-0.05, 0) is 19.1 Å². The molecule has 1 aliphatic heterocycles. The number of rotatable bonds is 5. The average molecular weight is 353 g/mol. The molecule has 0 saturated heterocycles. The first-order valence-electron chi connectivity index (χ1n) is 8.50. The highest BCUT2D eigenvalue weighted by molar-refractivity contribution is 5.92. The van der Waals surface area contributed by atoms with Gasteiger partial charge < -0.3 is 18.6 Å². The summed E-state index contributed by atoms with van der Waals surface area (Å²) in [7, 11) is 0. The van der Waals surface area contributed by atoms with Crippen LogP contribution in [-0.4, -0.2) is 43.5 Å². The van der Waals surface area contributed by atoms with E-state index < -0.39 is 0 Å². The van der Waals surface area contributed by atoms with Crippen molar-refractivity contribution < 1.29 is 13.9 Å². The lowest BCUT2D eigenvalue weighted by Gasteiger charge is -2.34. The van der Waals surface area contributed by atoms with E-state index in [0.29, 0.717) is 25.4 Å². The molecule has 0 saturated carbocycles. The van der Waals surface area contributed by atoms with Crippen molar-refractivity contribution in [3.05, 3.63) is 60.6 Å². The Hall–Kier alpha value is -3.16. The fraction of sp³-hybridized carbons (Fsp3) is 0.333. The normalized spacial score (nSPS) is 16.3. The van der Waals surface area contributed by atoms with Crippen molar-refractivity contribution in [1.29, 1.82) is 0 Å². The lowest BCUT2D eigenvalue weighted by Crippen LogP contribution is -2.41. The molecular weight excluding hydrogens is 334 g/mol. The van der Waals surface area contributed by atoms with Crippen LogP contribution < -0.4 is 4.74 Å². The van der Waals surface area contributed by atoms with Gasteiger partial charge >= 0.3 is 0 Å². The Morgan fingerprint density at radius 3 is 2.92 bits per heavy atom. The zero-order valence-corrected chi connectivity index (χ0v) is 14.4. The molecule has 4 heterocycles. The van der Waals surface area contributed by atoms with E-state index in [9.17, 15) is 4.79 Å². The maximum absolute atomic E-state index is 12.6. The van der Waals surface area contributed by atoms with Crippen molar-refractivity contribution in [2.24, 2.45) is 0 Å². The van der Waals surface area contributed by atoms with Gasteiger partial charge in [-0.15, -0.1) is 0 Å². The van der Waals surface area contributed by atoms with Gasteiger partial charge in [0.15, 0.2) is 12.1 Å². The molecule has 1 amide bonds. The van der Waals surface area contributed by atoms with Crippen molar-refractivity contribution in [2.75, 3.05) is 13.2 Å². The number of oxazole rings is 1. The quantitative estimate of drug-likeness (QED) is 0.698. The minimum Gasteiger partial charge on any atom is -0.493 e. The zero-order valence-electron chi connectivity index (χ0n) is 14.4. The second kappa shape index (κ2) is 6.99. The molecule has 3 aromatic rings. The number of ether oxygens (including phenoxy) is 1. The summed E-state index contributed by atoms with van der Waals surface area (Å²) >= 11 is 0. The smallest absolute Gasteiger partial charge is 0.276 e. The Morgan fingerprint density at radius 1 is 1.31 bits per heavy atom. The zero-order chi connectivity index (χ0) is 17.9. The largest absolute Gasteiger partial charge is 0.493 e. The molecular formula is C18H19N5O3. The lowest BCUT2D eigenvalue weighted by molar-refractivity contribution is 0.0630. The third-order valence-corrected chi connectivity index (χ3v) is 4.56. The minimum absolute atomic E-state index is 0.122. The van der Waals surface area contributed by atoms with E-state index in [0.717, 1.165) is 23.7 Å². The molecule has 8 nitrogen and oxygen atoms in total. The maximum Gasteiger partial charge on any atom is 0.276 e. The van der Waals surface area contributed by atoms with Gasteiger partial charge in [0.25, 0.3) is 5.91 Å². The summed E-state index contributed by atoms with van der Waals surface area (Å²) in [5, 5.41) is 0. The van der Waals surface area contributed by atoms with Gasteiger partial charge in [0, 0.05) is 43.8 Å². The monoisotopic (exact) mass is 353 g/mol. The van der Waals surface area contributed by atoms with Crippen LogP contribution in [0.2, 0.25) is 0 Å². The van der Waals surface area contributed by atoms with Gasteiger partial charge in [-0.3, -0.25) is 9.78 Å². The van der Waals surface area contributed by atoms with Crippen molar-refractivity contribution in [1.82, 2.24) is 24.4 Å². The van der Waals surface area contributed by atoms with Crippen molar-refractivity contribution in [3.8, 4) is 5.75 Å². The first-order chi connectivity index (χ1) is 12.7. The number of pyridine rings is 1. The van der Waals surface area contributed by atoms with Crippen LogP contribution in [0.25, 0.3) is 0 Å². The molecule has 0 N–H and O–H groups in total. The van der Waals surface area contributed by atoms with E-state index in [4.69, 9.17) is 9.15 Å². The highest BCUT2D eigenvalue weighted by atomic mass is 16.5. The summed E-state index contributed by atoms with van der Waals surface area (Å²) in [5.41, 5.74) is 1.43. The molecule has 1 atom stereocenters. The Morgan fingerprint density at radius 2 is 2.15 bits per heavy atom. The number of aromatic nitrogens is 4. The van der Waals surface area contributed by atoms with Gasteiger partial charge in [-0.1, -0.05) is 0 Å². The summed E-state index contributed by atoms with van der Waals surface area (Å²) in [6.07, 6.45) is 8.67. The van der Waals surface area contributed by atoms with Crippen LogP contribution in [-0.2, 0) is 13.0 Å². The summed E-state index contributed by atoms with van der Waals surface area (Å²) in [4.78, 5) is 26.8. The van der Waals surface area contributed by atoms with Crippen LogP contribution in [0.3, 0.4) is 0 Å². The van der Waals surface area contributed by atoms with E-state index in [1.165, 1.54) is 12.7 Å².